The van der Waals surface area contributed by atoms with Crippen LogP contribution in [0.25, 0.3) is 0 Å². The van der Waals surface area contributed by atoms with Gasteiger partial charge in [0, 0.05) is 23.9 Å². The van der Waals surface area contributed by atoms with Crippen molar-refractivity contribution >= 4 is 11.6 Å². The molecule has 3 N–H and O–H groups in total. The number of rotatable bonds is 8. The highest BCUT2D eigenvalue weighted by molar-refractivity contribution is 5.93. The fourth-order valence-corrected chi connectivity index (χ4v) is 2.45. The van der Waals surface area contributed by atoms with E-state index < -0.39 is 0 Å². The van der Waals surface area contributed by atoms with Crippen molar-refractivity contribution in [2.45, 2.75) is 20.4 Å². The third-order valence-corrected chi connectivity index (χ3v) is 3.76. The van der Waals surface area contributed by atoms with Gasteiger partial charge in [0.25, 0.3) is 0 Å². The summed E-state index contributed by atoms with van der Waals surface area (Å²) in [5.74, 6) is 2.77. The monoisotopic (exact) mass is 373 g/mol. The molecular formula is C20H27N3O4. The van der Waals surface area contributed by atoms with E-state index in [-0.39, 0.29) is 5.75 Å². The molecule has 2 rings (SSSR count). The van der Waals surface area contributed by atoms with Crippen LogP contribution in [-0.2, 0) is 6.54 Å². The summed E-state index contributed by atoms with van der Waals surface area (Å²) in [4.78, 5) is 4.54. The van der Waals surface area contributed by atoms with Gasteiger partial charge in [-0.25, -0.2) is 4.99 Å². The minimum absolute atomic E-state index is 0.179. The Morgan fingerprint density at radius 3 is 2.52 bits per heavy atom. The van der Waals surface area contributed by atoms with Crippen molar-refractivity contribution < 1.29 is 19.3 Å². The van der Waals surface area contributed by atoms with E-state index in [0.717, 1.165) is 5.69 Å². The molecule has 0 aliphatic carbocycles. The molecule has 7 nitrogen and oxygen atoms in total. The molecule has 7 heteroatoms. The molecular weight excluding hydrogens is 346 g/mol. The van der Waals surface area contributed by atoms with Gasteiger partial charge in [-0.1, -0.05) is 0 Å². The van der Waals surface area contributed by atoms with Gasteiger partial charge in [-0.2, -0.15) is 0 Å². The zero-order valence-electron chi connectivity index (χ0n) is 16.2. The predicted molar refractivity (Wildman–Crippen MR) is 107 cm³/mol. The number of hydrogen-bond acceptors (Lipinski definition) is 5. The van der Waals surface area contributed by atoms with E-state index in [9.17, 15) is 5.11 Å². The van der Waals surface area contributed by atoms with Gasteiger partial charge in [0.1, 0.15) is 11.5 Å². The smallest absolute Gasteiger partial charge is 0.196 e. The van der Waals surface area contributed by atoms with E-state index in [2.05, 4.69) is 15.6 Å². The largest absolute Gasteiger partial charge is 0.508 e. The number of nitrogens with zero attached hydrogens (tertiary/aromatic N) is 1. The number of aliphatic imine (C=N–C) groups is 1. The second kappa shape index (κ2) is 10.2. The van der Waals surface area contributed by atoms with Crippen molar-refractivity contribution in [1.82, 2.24) is 5.32 Å². The number of phenols is 1. The minimum atomic E-state index is 0.179. The summed E-state index contributed by atoms with van der Waals surface area (Å²) in [6.45, 7) is 5.45. The first-order chi connectivity index (χ1) is 13.1. The molecule has 0 bridgehead atoms. The first kappa shape index (κ1) is 20.2. The third-order valence-electron chi connectivity index (χ3n) is 3.76. The van der Waals surface area contributed by atoms with E-state index >= 15 is 0 Å². The summed E-state index contributed by atoms with van der Waals surface area (Å²) in [7, 11) is 3.20. The number of phenolic OH excluding ortho intramolecular Hbond substituents is 1. The van der Waals surface area contributed by atoms with E-state index in [1.807, 2.05) is 32.0 Å². The highest BCUT2D eigenvalue weighted by Crippen LogP contribution is 2.30. The normalized spacial score (nSPS) is 11.0. The molecule has 0 aliphatic rings. The van der Waals surface area contributed by atoms with Gasteiger partial charge >= 0.3 is 0 Å². The van der Waals surface area contributed by atoms with Crippen LogP contribution in [0, 0.1) is 0 Å². The summed E-state index contributed by atoms with van der Waals surface area (Å²) in [6, 6.07) is 10.7. The van der Waals surface area contributed by atoms with E-state index in [4.69, 9.17) is 14.2 Å². The molecule has 0 aromatic heterocycles. The lowest BCUT2D eigenvalue weighted by Gasteiger charge is -2.14. The van der Waals surface area contributed by atoms with Crippen LogP contribution in [-0.4, -0.2) is 38.4 Å². The molecule has 0 fully saturated rings. The number of aromatic hydroxyl groups is 1. The Hall–Kier alpha value is -3.09. The van der Waals surface area contributed by atoms with Crippen molar-refractivity contribution in [2.24, 2.45) is 4.99 Å². The summed E-state index contributed by atoms with van der Waals surface area (Å²) >= 11 is 0. The summed E-state index contributed by atoms with van der Waals surface area (Å²) in [6.07, 6.45) is 0. The summed E-state index contributed by atoms with van der Waals surface area (Å²) in [5, 5.41) is 16.4. The van der Waals surface area contributed by atoms with E-state index in [1.165, 1.54) is 0 Å². The van der Waals surface area contributed by atoms with Crippen molar-refractivity contribution in [3.8, 4) is 23.0 Å². The average molecular weight is 373 g/mol. The first-order valence-electron chi connectivity index (χ1n) is 8.83. The molecule has 0 spiro atoms. The van der Waals surface area contributed by atoms with Crippen molar-refractivity contribution in [1.29, 1.82) is 0 Å². The van der Waals surface area contributed by atoms with Crippen molar-refractivity contribution in [3.05, 3.63) is 42.0 Å². The molecule has 2 aromatic carbocycles. The number of hydrogen-bond donors (Lipinski definition) is 3. The van der Waals surface area contributed by atoms with Gasteiger partial charge in [0.05, 0.1) is 27.4 Å². The fourth-order valence-electron chi connectivity index (χ4n) is 2.45. The van der Waals surface area contributed by atoms with Crippen LogP contribution < -0.4 is 24.8 Å². The SMILES string of the molecule is CCNC(=NCc1cc(OC)ccc1O)Nc1ccc(OC)c(OCC)c1. The molecule has 0 heterocycles. The zero-order chi connectivity index (χ0) is 19.6. The molecule has 0 unspecified atom stereocenters. The summed E-state index contributed by atoms with van der Waals surface area (Å²) < 4.78 is 16.1. The average Bonchev–Trinajstić information content (AvgIpc) is 2.68. The number of methoxy groups -OCH3 is 2. The van der Waals surface area contributed by atoms with E-state index in [1.54, 1.807) is 32.4 Å². The Balaban J connectivity index is 2.20. The maximum Gasteiger partial charge on any atom is 0.196 e. The van der Waals surface area contributed by atoms with Crippen LogP contribution in [0.3, 0.4) is 0 Å². The van der Waals surface area contributed by atoms with Crippen molar-refractivity contribution in [3.63, 3.8) is 0 Å². The Kier molecular flexibility index (Phi) is 7.61. The van der Waals surface area contributed by atoms with Crippen molar-refractivity contribution in [2.75, 3.05) is 32.7 Å². The van der Waals surface area contributed by atoms with Gasteiger partial charge in [-0.05, 0) is 44.2 Å². The highest BCUT2D eigenvalue weighted by atomic mass is 16.5. The Labute approximate surface area is 160 Å². The quantitative estimate of drug-likeness (QED) is 0.486. The Morgan fingerprint density at radius 2 is 1.85 bits per heavy atom. The Bertz CT molecular complexity index is 778. The molecule has 2 aromatic rings. The van der Waals surface area contributed by atoms with Gasteiger partial charge in [0.2, 0.25) is 0 Å². The molecule has 0 atom stereocenters. The van der Waals surface area contributed by atoms with Crippen LogP contribution in [0.4, 0.5) is 5.69 Å². The standard InChI is InChI=1S/C20H27N3O4/c1-5-21-20(22-13-14-11-16(25-3)8-9-17(14)24)23-15-7-10-18(26-4)19(12-15)27-6-2/h7-12,24H,5-6,13H2,1-4H3,(H2,21,22,23). The Morgan fingerprint density at radius 1 is 1.04 bits per heavy atom. The summed E-state index contributed by atoms with van der Waals surface area (Å²) in [5.41, 5.74) is 1.49. The minimum Gasteiger partial charge on any atom is -0.508 e. The molecule has 27 heavy (non-hydrogen) atoms. The molecule has 0 saturated heterocycles. The van der Waals surface area contributed by atoms with Crippen LogP contribution in [0.5, 0.6) is 23.0 Å². The fraction of sp³-hybridized carbons (Fsp3) is 0.350. The number of ether oxygens (including phenoxy) is 3. The lowest BCUT2D eigenvalue weighted by atomic mass is 10.2. The second-order valence-electron chi connectivity index (χ2n) is 5.61. The molecule has 0 radical (unpaired) electrons. The molecule has 146 valence electrons. The van der Waals surface area contributed by atoms with Crippen LogP contribution in [0.2, 0.25) is 0 Å². The topological polar surface area (TPSA) is 84.3 Å². The molecule has 0 aliphatic heterocycles. The number of anilines is 1. The number of guanidine groups is 1. The first-order valence-corrected chi connectivity index (χ1v) is 8.83. The predicted octanol–water partition coefficient (Wildman–Crippen LogP) is 3.39. The van der Waals surface area contributed by atoms with Gasteiger partial charge < -0.3 is 30.0 Å². The van der Waals surface area contributed by atoms with Gasteiger partial charge in [-0.15, -0.1) is 0 Å². The van der Waals surface area contributed by atoms with Gasteiger partial charge in [-0.3, -0.25) is 0 Å². The molecule has 0 saturated carbocycles. The highest BCUT2D eigenvalue weighted by Gasteiger charge is 2.08. The van der Waals surface area contributed by atoms with E-state index in [0.29, 0.717) is 48.5 Å². The zero-order valence-corrected chi connectivity index (χ0v) is 16.2. The maximum atomic E-state index is 10.0. The van der Waals surface area contributed by atoms with Gasteiger partial charge in [0.15, 0.2) is 17.5 Å². The molecule has 0 amide bonds. The van der Waals surface area contributed by atoms with Crippen LogP contribution in [0.1, 0.15) is 19.4 Å². The van der Waals surface area contributed by atoms with Crippen LogP contribution in [0.15, 0.2) is 41.4 Å². The second-order valence-corrected chi connectivity index (χ2v) is 5.61. The number of nitrogens with one attached hydrogen (secondary N) is 2. The third kappa shape index (κ3) is 5.70. The lowest BCUT2D eigenvalue weighted by molar-refractivity contribution is 0.311. The number of benzene rings is 2. The lowest BCUT2D eigenvalue weighted by Crippen LogP contribution is -2.30. The maximum absolute atomic E-state index is 10.0. The van der Waals surface area contributed by atoms with Crippen LogP contribution >= 0.6 is 0 Å².